The first-order chi connectivity index (χ1) is 28.7. The molecule has 1 aromatic heterocycles. The van der Waals surface area contributed by atoms with Crippen molar-refractivity contribution in [1.82, 2.24) is 24.4 Å². The molecule has 2 aromatic carbocycles. The number of nitrogens with zero attached hydrogens (tertiary/aromatic N) is 4. The number of benzene rings is 2. The molecule has 4 fully saturated rings. The van der Waals surface area contributed by atoms with Gasteiger partial charge in [-0.3, -0.25) is 19.2 Å². The number of amides is 4. The highest BCUT2D eigenvalue weighted by Gasteiger charge is 2.63. The number of carbonyl (C=O) groups is 4. The lowest BCUT2D eigenvalue weighted by atomic mass is 9.77. The number of ether oxygens (including phenoxy) is 2. The van der Waals surface area contributed by atoms with Gasteiger partial charge in [-0.2, -0.15) is 0 Å². The molecule has 3 heterocycles. The first-order valence-corrected chi connectivity index (χ1v) is 22.5. The zero-order chi connectivity index (χ0) is 42.9. The molecule has 4 aliphatic rings. The van der Waals surface area contributed by atoms with Crippen molar-refractivity contribution in [2.45, 2.75) is 109 Å². The van der Waals surface area contributed by atoms with Gasteiger partial charge >= 0.3 is 0 Å². The summed E-state index contributed by atoms with van der Waals surface area (Å²) in [5, 5.41) is 3.65. The lowest BCUT2D eigenvalue weighted by molar-refractivity contribution is -0.149. The third kappa shape index (κ3) is 9.03. The molecule has 1 N–H and O–H groups in total. The van der Waals surface area contributed by atoms with E-state index in [4.69, 9.17) is 14.5 Å². The maximum atomic E-state index is 15.0. The molecule has 2 unspecified atom stereocenters. The molecule has 2 saturated carbocycles. The van der Waals surface area contributed by atoms with E-state index in [-0.39, 0.29) is 37.6 Å². The number of nitrogens with one attached hydrogen (secondary N) is 1. The summed E-state index contributed by atoms with van der Waals surface area (Å²) in [5.74, 6) is -1.23. The van der Waals surface area contributed by atoms with Crippen molar-refractivity contribution in [2.24, 2.45) is 23.2 Å². The topological polar surface area (TPSA) is 156 Å². The van der Waals surface area contributed by atoms with E-state index in [0.717, 1.165) is 35.6 Å². The van der Waals surface area contributed by atoms with Crippen molar-refractivity contribution in [2.75, 3.05) is 26.7 Å². The number of carbonyl (C=O) groups excluding carboxylic acids is 4. The van der Waals surface area contributed by atoms with Crippen molar-refractivity contribution in [3.05, 3.63) is 67.3 Å². The van der Waals surface area contributed by atoms with Gasteiger partial charge in [0.2, 0.25) is 28.6 Å². The fourth-order valence-corrected chi connectivity index (χ4v) is 9.90. The molecule has 3 aromatic rings. The van der Waals surface area contributed by atoms with Crippen molar-refractivity contribution in [1.29, 1.82) is 0 Å². The molecule has 0 bridgehead atoms. The number of likely N-dealkylation sites (tertiary alicyclic amines) is 2. The van der Waals surface area contributed by atoms with Crippen LogP contribution in [0.2, 0.25) is 0 Å². The molecule has 7 rings (SSSR count). The summed E-state index contributed by atoms with van der Waals surface area (Å²) in [4.78, 5) is 66.0. The third-order valence-corrected chi connectivity index (χ3v) is 13.7. The summed E-state index contributed by atoms with van der Waals surface area (Å²) >= 11 is 0. The summed E-state index contributed by atoms with van der Waals surface area (Å²) in [6.45, 7) is 13.2. The number of hydrogen-bond acceptors (Lipinski definition) is 9. The number of methoxy groups -OCH3 is 1. The van der Waals surface area contributed by atoms with Crippen LogP contribution >= 0.6 is 0 Å². The second-order valence-corrected chi connectivity index (χ2v) is 19.0. The highest BCUT2D eigenvalue weighted by atomic mass is 32.2. The fraction of sp³-hybridized carbons (Fsp3) is 0.543. The quantitative estimate of drug-likeness (QED) is 0.140. The van der Waals surface area contributed by atoms with Gasteiger partial charge in [-0.15, -0.1) is 6.58 Å². The highest BCUT2D eigenvalue weighted by molar-refractivity contribution is 7.70. The molecule has 14 heteroatoms. The maximum absolute atomic E-state index is 15.0. The Morgan fingerprint density at radius 2 is 1.77 bits per heavy atom. The van der Waals surface area contributed by atoms with Crippen molar-refractivity contribution in [3.8, 4) is 22.8 Å². The molecule has 60 heavy (non-hydrogen) atoms. The lowest BCUT2D eigenvalue weighted by Gasteiger charge is -2.37. The van der Waals surface area contributed by atoms with Gasteiger partial charge in [0.25, 0.3) is 5.91 Å². The van der Waals surface area contributed by atoms with E-state index < -0.39 is 63.7 Å². The van der Waals surface area contributed by atoms with E-state index in [1.165, 1.54) is 4.90 Å². The summed E-state index contributed by atoms with van der Waals surface area (Å²) < 4.78 is 37.9. The molecule has 13 nitrogen and oxygen atoms in total. The van der Waals surface area contributed by atoms with Crippen LogP contribution in [-0.2, 0) is 30.1 Å². The van der Waals surface area contributed by atoms with Crippen molar-refractivity contribution >= 4 is 45.4 Å². The van der Waals surface area contributed by atoms with Crippen LogP contribution < -0.4 is 14.8 Å². The van der Waals surface area contributed by atoms with Crippen LogP contribution in [0.1, 0.15) is 85.5 Å². The number of thiol groups is 1. The van der Waals surface area contributed by atoms with Crippen molar-refractivity contribution < 1.29 is 37.1 Å². The zero-order valence-electron chi connectivity index (χ0n) is 35.4. The Balaban J connectivity index is 1.21. The van der Waals surface area contributed by atoms with E-state index in [1.807, 2.05) is 80.3 Å². The van der Waals surface area contributed by atoms with Crippen LogP contribution in [0.5, 0.6) is 11.5 Å². The summed E-state index contributed by atoms with van der Waals surface area (Å²) in [6, 6.07) is 15.5. The average Bonchev–Trinajstić information content (AvgIpc) is 4.15. The van der Waals surface area contributed by atoms with Gasteiger partial charge in [0.05, 0.1) is 30.8 Å². The number of rotatable bonds is 15. The van der Waals surface area contributed by atoms with Crippen LogP contribution in [-0.4, -0.2) is 102 Å². The minimum atomic E-state index is -3.23. The number of hydrogen-bond donors (Lipinski definition) is 2. The molecule has 2 saturated heterocycles. The molecule has 322 valence electrons. The van der Waals surface area contributed by atoms with E-state index in [0.29, 0.717) is 59.9 Å². The zero-order valence-corrected chi connectivity index (χ0v) is 36.3. The number of pyridine rings is 1. The summed E-state index contributed by atoms with van der Waals surface area (Å²) in [5.41, 5.74) is 0.0229. The van der Waals surface area contributed by atoms with Gasteiger partial charge in [-0.1, -0.05) is 76.9 Å². The van der Waals surface area contributed by atoms with Gasteiger partial charge in [0.15, 0.2) is 0 Å². The Morgan fingerprint density at radius 1 is 1.05 bits per heavy atom. The third-order valence-electron chi connectivity index (χ3n) is 12.9. The van der Waals surface area contributed by atoms with E-state index in [9.17, 15) is 22.8 Å². The fourth-order valence-electron chi connectivity index (χ4n) is 9.07. The molecular formula is C46H59N5O8S. The van der Waals surface area contributed by atoms with Crippen LogP contribution in [0.4, 0.5) is 0 Å². The average molecular weight is 842 g/mol. The Hall–Kier alpha value is -4.98. The largest absolute Gasteiger partial charge is 0.497 e. The first kappa shape index (κ1) is 43.1. The molecular weight excluding hydrogens is 783 g/mol. The second-order valence-electron chi connectivity index (χ2n) is 18.1. The van der Waals surface area contributed by atoms with Crippen molar-refractivity contribution in [3.63, 3.8) is 0 Å². The van der Waals surface area contributed by atoms with Gasteiger partial charge in [0.1, 0.15) is 29.2 Å². The minimum absolute atomic E-state index is 0.0116. The second kappa shape index (κ2) is 17.6. The molecule has 4 amide bonds. The predicted octanol–water partition coefficient (Wildman–Crippen LogP) is 5.93. The number of piperidine rings is 1. The van der Waals surface area contributed by atoms with Crippen LogP contribution in [0.25, 0.3) is 22.2 Å². The summed E-state index contributed by atoms with van der Waals surface area (Å²) in [6.07, 6.45) is 6.40. The van der Waals surface area contributed by atoms with Gasteiger partial charge in [0, 0.05) is 61.0 Å². The van der Waals surface area contributed by atoms with Crippen LogP contribution in [0, 0.1) is 23.2 Å². The first-order valence-electron chi connectivity index (χ1n) is 21.4. The Labute approximate surface area is 354 Å². The monoisotopic (exact) mass is 841 g/mol. The Kier molecular flexibility index (Phi) is 12.6. The SMILES string of the molecule is C=CC1CC1(NC(=O)[C@@H]1C[C@@H](Oc2cc(-c3ccccc3)nc3cc(OC)ccc23)CN1C(=O)[C@@H](CC(=O)N1CCC(CCC)CC1)C(C)(C)C)C(=O)N(C1CC1)[SH](=O)=O. The molecule has 2 aliphatic carbocycles. The minimum Gasteiger partial charge on any atom is -0.497 e. The molecule has 2 aliphatic heterocycles. The predicted molar refractivity (Wildman–Crippen MR) is 229 cm³/mol. The maximum Gasteiger partial charge on any atom is 0.262 e. The number of fused-ring (bicyclic) bond motifs is 1. The standard InChI is InChI=1S/C46H59N5O8S/c1-7-12-29-19-21-49(22-20-29)41(52)25-36(45(3,4)5)43(54)50-28-34(24-39(50)42(53)48-46(27-31(46)8-2)44(55)51(60(56)57)32-15-16-32)59-40-26-37(30-13-10-9-11-14-30)47-38-23-33(58-6)17-18-35(38)40/h8-11,13-14,17-18,23,26,29,31-32,34,36,39,60H,2,7,12,15-16,19-22,24-25,27-28H2,1,3-6H3,(H,48,53)/t31?,34-,36-,39+,46?/m1/s1. The smallest absolute Gasteiger partial charge is 0.262 e. The van der Waals surface area contributed by atoms with Gasteiger partial charge in [-0.05, 0) is 55.6 Å². The highest BCUT2D eigenvalue weighted by Crippen LogP contribution is 2.48. The summed E-state index contributed by atoms with van der Waals surface area (Å²) in [7, 11) is -1.65. The van der Waals surface area contributed by atoms with Crippen LogP contribution in [0.3, 0.4) is 0 Å². The van der Waals surface area contributed by atoms with E-state index in [2.05, 4.69) is 18.8 Å². The molecule has 0 spiro atoms. The molecule has 0 radical (unpaired) electrons. The normalized spacial score (nSPS) is 23.6. The molecule has 5 atom stereocenters. The lowest BCUT2D eigenvalue weighted by Crippen LogP contribution is -2.57. The van der Waals surface area contributed by atoms with E-state index >= 15 is 4.79 Å². The Bertz CT molecular complexity index is 2190. The Morgan fingerprint density at radius 3 is 2.37 bits per heavy atom. The van der Waals surface area contributed by atoms with Crippen LogP contribution in [0.15, 0.2) is 67.3 Å². The van der Waals surface area contributed by atoms with E-state index in [1.54, 1.807) is 13.2 Å². The van der Waals surface area contributed by atoms with Gasteiger partial charge in [-0.25, -0.2) is 17.7 Å². The number of aromatic nitrogens is 1. The van der Waals surface area contributed by atoms with Gasteiger partial charge < -0.3 is 24.6 Å².